The summed E-state index contributed by atoms with van der Waals surface area (Å²) in [4.78, 5) is 30.8. The number of nitrogens with zero attached hydrogens (tertiary/aromatic N) is 2. The topological polar surface area (TPSA) is 62.3 Å². The van der Waals surface area contributed by atoms with Crippen molar-refractivity contribution in [2.24, 2.45) is 5.92 Å². The third-order valence-electron chi connectivity index (χ3n) is 4.35. The molecule has 0 saturated heterocycles. The predicted molar refractivity (Wildman–Crippen MR) is 100 cm³/mol. The highest BCUT2D eigenvalue weighted by atomic mass is 32.1. The van der Waals surface area contributed by atoms with E-state index in [1.807, 2.05) is 6.92 Å². The van der Waals surface area contributed by atoms with E-state index in [1.54, 1.807) is 10.3 Å². The van der Waals surface area contributed by atoms with Gasteiger partial charge >= 0.3 is 6.18 Å². The number of nitrogens with one attached hydrogen (secondary N) is 1. The van der Waals surface area contributed by atoms with Gasteiger partial charge < -0.3 is 4.90 Å². The van der Waals surface area contributed by atoms with Crippen LogP contribution in [0.4, 0.5) is 18.3 Å². The average molecular weight is 411 g/mol. The first-order valence-electron chi connectivity index (χ1n) is 9.01. The minimum atomic E-state index is -4.53. The van der Waals surface area contributed by atoms with Gasteiger partial charge in [-0.25, -0.2) is 4.98 Å². The van der Waals surface area contributed by atoms with E-state index < -0.39 is 17.6 Å². The molecule has 1 aliphatic carbocycles. The van der Waals surface area contributed by atoms with Gasteiger partial charge in [0.15, 0.2) is 5.13 Å². The van der Waals surface area contributed by atoms with Crippen LogP contribution in [-0.2, 0) is 6.18 Å². The van der Waals surface area contributed by atoms with E-state index in [1.165, 1.54) is 12.1 Å². The Hall–Kier alpha value is -2.42. The Bertz CT molecular complexity index is 862. The number of thiazole rings is 1. The van der Waals surface area contributed by atoms with Crippen LogP contribution in [0.5, 0.6) is 0 Å². The Kier molecular flexibility index (Phi) is 6.02. The lowest BCUT2D eigenvalue weighted by atomic mass is 10.1. The Morgan fingerprint density at radius 3 is 2.71 bits per heavy atom. The lowest BCUT2D eigenvalue weighted by Crippen LogP contribution is -2.33. The standard InChI is InChI=1S/C19H20F3N3O2S/c1-2-8-25(10-12-6-7-12)17(27)15-11-28-18(23-15)24-16(26)13-4-3-5-14(9-13)19(20,21)22/h3-5,9,11-12H,2,6-8,10H2,1H3,(H,23,24,26). The van der Waals surface area contributed by atoms with Gasteiger partial charge in [0.2, 0.25) is 0 Å². The summed E-state index contributed by atoms with van der Waals surface area (Å²) in [5, 5.41) is 4.20. The minimum Gasteiger partial charge on any atom is -0.337 e. The van der Waals surface area contributed by atoms with Crippen LogP contribution in [-0.4, -0.2) is 34.8 Å². The normalized spacial score (nSPS) is 14.0. The second-order valence-corrected chi connectivity index (χ2v) is 7.62. The molecular formula is C19H20F3N3O2S. The zero-order valence-electron chi connectivity index (χ0n) is 15.3. The van der Waals surface area contributed by atoms with Crippen molar-refractivity contribution >= 4 is 28.3 Å². The van der Waals surface area contributed by atoms with Crippen LogP contribution in [0.2, 0.25) is 0 Å². The number of carbonyl (C=O) groups is 2. The summed E-state index contributed by atoms with van der Waals surface area (Å²) in [6, 6.07) is 4.16. The van der Waals surface area contributed by atoms with Crippen molar-refractivity contribution < 1.29 is 22.8 Å². The van der Waals surface area contributed by atoms with Gasteiger partial charge in [0, 0.05) is 24.0 Å². The molecule has 2 aromatic rings. The molecule has 1 N–H and O–H groups in total. The van der Waals surface area contributed by atoms with Gasteiger partial charge in [-0.05, 0) is 43.4 Å². The number of anilines is 1. The van der Waals surface area contributed by atoms with Crippen molar-refractivity contribution in [3.05, 3.63) is 46.5 Å². The molecular weight excluding hydrogens is 391 g/mol. The number of halogens is 3. The number of aromatic nitrogens is 1. The maximum absolute atomic E-state index is 12.8. The van der Waals surface area contributed by atoms with Gasteiger partial charge in [0.1, 0.15) is 5.69 Å². The van der Waals surface area contributed by atoms with E-state index >= 15 is 0 Å². The first-order chi connectivity index (χ1) is 13.3. The van der Waals surface area contributed by atoms with Crippen molar-refractivity contribution in [1.29, 1.82) is 0 Å². The molecule has 0 radical (unpaired) electrons. The Morgan fingerprint density at radius 1 is 1.32 bits per heavy atom. The monoisotopic (exact) mass is 411 g/mol. The van der Waals surface area contributed by atoms with Crippen LogP contribution < -0.4 is 5.32 Å². The van der Waals surface area contributed by atoms with E-state index in [2.05, 4.69) is 10.3 Å². The Balaban J connectivity index is 1.68. The fourth-order valence-corrected chi connectivity index (χ4v) is 3.43. The lowest BCUT2D eigenvalue weighted by Gasteiger charge is -2.20. The molecule has 0 aliphatic heterocycles. The summed E-state index contributed by atoms with van der Waals surface area (Å²) < 4.78 is 38.4. The molecule has 1 saturated carbocycles. The third kappa shape index (κ3) is 5.09. The largest absolute Gasteiger partial charge is 0.416 e. The van der Waals surface area contributed by atoms with Gasteiger partial charge in [-0.15, -0.1) is 11.3 Å². The molecule has 1 aromatic heterocycles. The van der Waals surface area contributed by atoms with Crippen LogP contribution in [0.3, 0.4) is 0 Å². The fourth-order valence-electron chi connectivity index (χ4n) is 2.76. The Labute approximate surface area is 164 Å². The summed E-state index contributed by atoms with van der Waals surface area (Å²) in [6.45, 7) is 3.34. The van der Waals surface area contributed by atoms with Crippen molar-refractivity contribution in [1.82, 2.24) is 9.88 Å². The van der Waals surface area contributed by atoms with Gasteiger partial charge in [0.25, 0.3) is 11.8 Å². The van der Waals surface area contributed by atoms with Crippen molar-refractivity contribution in [3.8, 4) is 0 Å². The van der Waals surface area contributed by atoms with E-state index in [-0.39, 0.29) is 22.3 Å². The van der Waals surface area contributed by atoms with Crippen molar-refractivity contribution in [2.75, 3.05) is 18.4 Å². The van der Waals surface area contributed by atoms with Crippen molar-refractivity contribution in [3.63, 3.8) is 0 Å². The van der Waals surface area contributed by atoms with E-state index in [4.69, 9.17) is 0 Å². The van der Waals surface area contributed by atoms with Crippen LogP contribution in [0.25, 0.3) is 0 Å². The van der Waals surface area contributed by atoms with E-state index in [0.29, 0.717) is 19.0 Å². The first kappa shape index (κ1) is 20.3. The summed E-state index contributed by atoms with van der Waals surface area (Å²) in [5.74, 6) is -0.346. The molecule has 1 heterocycles. The zero-order valence-corrected chi connectivity index (χ0v) is 16.1. The molecule has 9 heteroatoms. The number of hydrogen-bond acceptors (Lipinski definition) is 4. The number of hydrogen-bond donors (Lipinski definition) is 1. The second-order valence-electron chi connectivity index (χ2n) is 6.77. The second kappa shape index (κ2) is 8.30. The molecule has 0 bridgehead atoms. The van der Waals surface area contributed by atoms with Gasteiger partial charge in [-0.1, -0.05) is 13.0 Å². The van der Waals surface area contributed by atoms with E-state index in [0.717, 1.165) is 42.7 Å². The molecule has 0 atom stereocenters. The van der Waals surface area contributed by atoms with Gasteiger partial charge in [-0.3, -0.25) is 14.9 Å². The van der Waals surface area contributed by atoms with E-state index in [9.17, 15) is 22.8 Å². The van der Waals surface area contributed by atoms with Crippen LogP contribution in [0, 0.1) is 5.92 Å². The maximum Gasteiger partial charge on any atom is 0.416 e. The van der Waals surface area contributed by atoms with Crippen LogP contribution >= 0.6 is 11.3 Å². The zero-order chi connectivity index (χ0) is 20.3. The highest BCUT2D eigenvalue weighted by Crippen LogP contribution is 2.31. The molecule has 3 rings (SSSR count). The molecule has 1 aromatic carbocycles. The average Bonchev–Trinajstić information content (AvgIpc) is 3.36. The first-order valence-corrected chi connectivity index (χ1v) is 9.89. The molecule has 1 fully saturated rings. The summed E-state index contributed by atoms with van der Waals surface area (Å²) in [7, 11) is 0. The molecule has 0 spiro atoms. The SMILES string of the molecule is CCCN(CC1CC1)C(=O)c1csc(NC(=O)c2cccc(C(F)(F)F)c2)n1. The fraction of sp³-hybridized carbons (Fsp3) is 0.421. The van der Waals surface area contributed by atoms with Crippen LogP contribution in [0.1, 0.15) is 52.6 Å². The molecule has 150 valence electrons. The quantitative estimate of drug-likeness (QED) is 0.720. The predicted octanol–water partition coefficient (Wildman–Crippen LogP) is 4.68. The molecule has 1 aliphatic rings. The maximum atomic E-state index is 12.8. The van der Waals surface area contributed by atoms with Gasteiger partial charge in [0.05, 0.1) is 5.56 Å². The summed E-state index contributed by atoms with van der Waals surface area (Å²) >= 11 is 1.07. The summed E-state index contributed by atoms with van der Waals surface area (Å²) in [6.07, 6.45) is -1.44. The summed E-state index contributed by atoms with van der Waals surface area (Å²) in [5.41, 5.74) is -0.789. The number of rotatable bonds is 7. The number of carbonyl (C=O) groups excluding carboxylic acids is 2. The molecule has 5 nitrogen and oxygen atoms in total. The van der Waals surface area contributed by atoms with Gasteiger partial charge in [-0.2, -0.15) is 13.2 Å². The minimum absolute atomic E-state index is 0.126. The number of alkyl halides is 3. The van der Waals surface area contributed by atoms with Crippen molar-refractivity contribution in [2.45, 2.75) is 32.4 Å². The van der Waals surface area contributed by atoms with Crippen LogP contribution in [0.15, 0.2) is 29.6 Å². The smallest absolute Gasteiger partial charge is 0.337 e. The number of amides is 2. The highest BCUT2D eigenvalue weighted by Gasteiger charge is 2.31. The molecule has 2 amide bonds. The molecule has 0 unspecified atom stereocenters. The number of benzene rings is 1. The lowest BCUT2D eigenvalue weighted by molar-refractivity contribution is -0.137. The molecule has 28 heavy (non-hydrogen) atoms. The Morgan fingerprint density at radius 2 is 2.07 bits per heavy atom. The third-order valence-corrected chi connectivity index (χ3v) is 5.11. The highest BCUT2D eigenvalue weighted by molar-refractivity contribution is 7.14.